The van der Waals surface area contributed by atoms with Gasteiger partial charge in [-0.05, 0) is 44.9 Å². The molecule has 1 aromatic rings. The Balaban J connectivity index is 1.93. The number of aliphatic imine (C=N–C) groups is 1. The van der Waals surface area contributed by atoms with E-state index in [1.165, 1.54) is 5.56 Å². The molecule has 1 aromatic carbocycles. The second-order valence-electron chi connectivity index (χ2n) is 6.59. The van der Waals surface area contributed by atoms with Gasteiger partial charge in [0.2, 0.25) is 0 Å². The third-order valence-electron chi connectivity index (χ3n) is 3.96. The fraction of sp³-hybridized carbons (Fsp3) is 0.632. The molecule has 0 radical (unpaired) electrons. The number of nitrogens with one attached hydrogen (secondary N) is 1. The molecule has 0 amide bonds. The highest BCUT2D eigenvalue weighted by Crippen LogP contribution is 2.15. The van der Waals surface area contributed by atoms with Crippen molar-refractivity contribution in [1.29, 1.82) is 0 Å². The minimum Gasteiger partial charge on any atom is -0.491 e. The molecule has 0 aliphatic carbocycles. The average Bonchev–Trinajstić information content (AvgIpc) is 3.05. The van der Waals surface area contributed by atoms with Crippen molar-refractivity contribution in [3.63, 3.8) is 0 Å². The Morgan fingerprint density at radius 3 is 2.71 bits per heavy atom. The van der Waals surface area contributed by atoms with Crippen LogP contribution in [0.15, 0.2) is 29.3 Å². The maximum absolute atomic E-state index is 5.68. The molecule has 1 heterocycles. The van der Waals surface area contributed by atoms with E-state index in [9.17, 15) is 0 Å². The normalized spacial score (nSPS) is 18.0. The maximum Gasteiger partial charge on any atom is 0.193 e. The molecule has 2 rings (SSSR count). The van der Waals surface area contributed by atoms with E-state index in [1.54, 1.807) is 0 Å². The first-order valence-electron chi connectivity index (χ1n) is 8.91. The van der Waals surface area contributed by atoms with Gasteiger partial charge in [-0.3, -0.25) is 0 Å². The van der Waals surface area contributed by atoms with E-state index in [1.807, 2.05) is 26.0 Å². The minimum atomic E-state index is 0.197. The third kappa shape index (κ3) is 6.04. The number of nitrogens with zero attached hydrogens (tertiary/aromatic N) is 2. The zero-order valence-corrected chi connectivity index (χ0v) is 15.4. The van der Waals surface area contributed by atoms with Crippen molar-refractivity contribution < 1.29 is 9.47 Å². The van der Waals surface area contributed by atoms with Crippen molar-refractivity contribution in [3.05, 3.63) is 29.8 Å². The lowest BCUT2D eigenvalue weighted by Gasteiger charge is -2.24. The van der Waals surface area contributed by atoms with Crippen molar-refractivity contribution in [2.45, 2.75) is 39.8 Å². The Morgan fingerprint density at radius 2 is 2.12 bits per heavy atom. The van der Waals surface area contributed by atoms with Crippen LogP contribution in [0.5, 0.6) is 5.75 Å². The van der Waals surface area contributed by atoms with Crippen molar-refractivity contribution in [2.75, 3.05) is 33.4 Å². The van der Waals surface area contributed by atoms with E-state index in [4.69, 9.17) is 14.5 Å². The molecule has 5 nitrogen and oxygen atoms in total. The van der Waals surface area contributed by atoms with Crippen LogP contribution in [0.25, 0.3) is 0 Å². The van der Waals surface area contributed by atoms with Crippen LogP contribution in [-0.4, -0.2) is 50.3 Å². The van der Waals surface area contributed by atoms with Gasteiger partial charge in [0.05, 0.1) is 19.3 Å². The van der Waals surface area contributed by atoms with E-state index in [0.717, 1.165) is 44.4 Å². The third-order valence-corrected chi connectivity index (χ3v) is 3.96. The number of ether oxygens (including phenoxy) is 2. The minimum absolute atomic E-state index is 0.197. The summed E-state index contributed by atoms with van der Waals surface area (Å²) < 4.78 is 11.1. The molecule has 134 valence electrons. The van der Waals surface area contributed by atoms with E-state index in [2.05, 4.69) is 36.3 Å². The molecule has 5 heteroatoms. The lowest BCUT2D eigenvalue weighted by molar-refractivity contribution is 0.181. The van der Waals surface area contributed by atoms with Gasteiger partial charge in [0, 0.05) is 32.7 Å². The molecule has 0 saturated carbocycles. The van der Waals surface area contributed by atoms with E-state index in [-0.39, 0.29) is 6.10 Å². The fourth-order valence-electron chi connectivity index (χ4n) is 2.78. The van der Waals surface area contributed by atoms with E-state index < -0.39 is 0 Å². The Labute approximate surface area is 146 Å². The van der Waals surface area contributed by atoms with Gasteiger partial charge < -0.3 is 19.7 Å². The van der Waals surface area contributed by atoms with Crippen LogP contribution in [0, 0.1) is 5.92 Å². The lowest BCUT2D eigenvalue weighted by Crippen LogP contribution is -2.41. The first-order valence-corrected chi connectivity index (χ1v) is 8.91. The van der Waals surface area contributed by atoms with Gasteiger partial charge in [0.15, 0.2) is 5.96 Å². The molecule has 1 unspecified atom stereocenters. The van der Waals surface area contributed by atoms with Gasteiger partial charge in [0.1, 0.15) is 5.75 Å². The van der Waals surface area contributed by atoms with Crippen molar-refractivity contribution in [3.8, 4) is 5.75 Å². The van der Waals surface area contributed by atoms with Crippen molar-refractivity contribution in [1.82, 2.24) is 10.2 Å². The second-order valence-corrected chi connectivity index (χ2v) is 6.59. The topological polar surface area (TPSA) is 46.1 Å². The molecule has 1 aliphatic heterocycles. The molecule has 1 aliphatic rings. The summed E-state index contributed by atoms with van der Waals surface area (Å²) in [6.45, 7) is 10.4. The molecular weight excluding hydrogens is 302 g/mol. The van der Waals surface area contributed by atoms with Crippen LogP contribution in [0.4, 0.5) is 0 Å². The maximum atomic E-state index is 5.68. The molecule has 24 heavy (non-hydrogen) atoms. The monoisotopic (exact) mass is 333 g/mol. The molecule has 1 fully saturated rings. The van der Waals surface area contributed by atoms with Crippen LogP contribution in [0.2, 0.25) is 0 Å². The quantitative estimate of drug-likeness (QED) is 0.616. The predicted molar refractivity (Wildman–Crippen MR) is 98.6 cm³/mol. The van der Waals surface area contributed by atoms with Crippen LogP contribution >= 0.6 is 0 Å². The highest BCUT2D eigenvalue weighted by atomic mass is 16.5. The summed E-state index contributed by atoms with van der Waals surface area (Å²) in [6, 6.07) is 8.18. The summed E-state index contributed by atoms with van der Waals surface area (Å²) in [5.41, 5.74) is 1.18. The summed E-state index contributed by atoms with van der Waals surface area (Å²) in [4.78, 5) is 6.97. The summed E-state index contributed by atoms with van der Waals surface area (Å²) in [6.07, 6.45) is 1.34. The average molecular weight is 333 g/mol. The molecule has 0 bridgehead atoms. The number of rotatable bonds is 7. The summed E-state index contributed by atoms with van der Waals surface area (Å²) in [7, 11) is 2.10. The SMILES string of the molecule is CCNC(=NCc1ccc(OC(C)C)cc1)N(C)CC1CCOC1. The number of hydrogen-bond acceptors (Lipinski definition) is 3. The van der Waals surface area contributed by atoms with Crippen molar-refractivity contribution in [2.24, 2.45) is 10.9 Å². The lowest BCUT2D eigenvalue weighted by atomic mass is 10.1. The Morgan fingerprint density at radius 1 is 1.38 bits per heavy atom. The zero-order valence-electron chi connectivity index (χ0n) is 15.4. The first kappa shape index (κ1) is 18.6. The van der Waals surface area contributed by atoms with Gasteiger partial charge in [-0.2, -0.15) is 0 Å². The number of guanidine groups is 1. The largest absolute Gasteiger partial charge is 0.491 e. The molecular formula is C19H31N3O2. The molecule has 1 saturated heterocycles. The molecule has 1 N–H and O–H groups in total. The Bertz CT molecular complexity index is 508. The summed E-state index contributed by atoms with van der Waals surface area (Å²) >= 11 is 0. The van der Waals surface area contributed by atoms with Crippen LogP contribution in [0.1, 0.15) is 32.8 Å². The molecule has 0 aromatic heterocycles. The number of hydrogen-bond donors (Lipinski definition) is 1. The van der Waals surface area contributed by atoms with Gasteiger partial charge in [0.25, 0.3) is 0 Å². The highest BCUT2D eigenvalue weighted by molar-refractivity contribution is 5.79. The molecule has 1 atom stereocenters. The van der Waals surface area contributed by atoms with Gasteiger partial charge in [-0.25, -0.2) is 4.99 Å². The van der Waals surface area contributed by atoms with Crippen LogP contribution < -0.4 is 10.1 Å². The Hall–Kier alpha value is -1.75. The van der Waals surface area contributed by atoms with Crippen molar-refractivity contribution >= 4 is 5.96 Å². The fourth-order valence-corrected chi connectivity index (χ4v) is 2.78. The van der Waals surface area contributed by atoms with Gasteiger partial charge >= 0.3 is 0 Å². The molecule has 0 spiro atoms. The van der Waals surface area contributed by atoms with E-state index >= 15 is 0 Å². The standard InChI is InChI=1S/C19H31N3O2/c1-5-20-19(22(4)13-17-10-11-23-14-17)21-12-16-6-8-18(9-7-16)24-15(2)3/h6-9,15,17H,5,10-14H2,1-4H3,(H,20,21). The second kappa shape index (κ2) is 9.52. The summed E-state index contributed by atoms with van der Waals surface area (Å²) in [5, 5.41) is 3.37. The first-order chi connectivity index (χ1) is 11.6. The smallest absolute Gasteiger partial charge is 0.193 e. The van der Waals surface area contributed by atoms with Crippen LogP contribution in [0.3, 0.4) is 0 Å². The van der Waals surface area contributed by atoms with Gasteiger partial charge in [-0.15, -0.1) is 0 Å². The number of benzene rings is 1. The predicted octanol–water partition coefficient (Wildman–Crippen LogP) is 2.91. The van der Waals surface area contributed by atoms with E-state index in [0.29, 0.717) is 12.5 Å². The summed E-state index contributed by atoms with van der Waals surface area (Å²) in [5.74, 6) is 2.46. The van der Waals surface area contributed by atoms with Crippen LogP contribution in [-0.2, 0) is 11.3 Å². The Kier molecular flexibility index (Phi) is 7.37. The van der Waals surface area contributed by atoms with Gasteiger partial charge in [-0.1, -0.05) is 12.1 Å². The highest BCUT2D eigenvalue weighted by Gasteiger charge is 2.18. The zero-order chi connectivity index (χ0) is 17.4.